The van der Waals surface area contributed by atoms with Crippen molar-refractivity contribution >= 4 is 23.5 Å². The third-order valence-corrected chi connectivity index (χ3v) is 3.24. The highest BCUT2D eigenvalue weighted by atomic mass is 32.2. The van der Waals surface area contributed by atoms with E-state index in [0.717, 1.165) is 24.5 Å². The molecule has 0 saturated carbocycles. The third kappa shape index (κ3) is 3.89. The van der Waals surface area contributed by atoms with E-state index < -0.39 is 0 Å². The van der Waals surface area contributed by atoms with E-state index in [9.17, 15) is 0 Å². The van der Waals surface area contributed by atoms with Crippen LogP contribution in [-0.2, 0) is 0 Å². The van der Waals surface area contributed by atoms with Gasteiger partial charge in [0, 0.05) is 30.1 Å². The van der Waals surface area contributed by atoms with Crippen LogP contribution >= 0.6 is 11.8 Å². The van der Waals surface area contributed by atoms with Gasteiger partial charge in [0.25, 0.3) is 0 Å². The molecule has 0 aliphatic carbocycles. The smallest absolute Gasteiger partial charge is 0.224 e. The van der Waals surface area contributed by atoms with Gasteiger partial charge in [-0.05, 0) is 20.1 Å². The summed E-state index contributed by atoms with van der Waals surface area (Å²) in [5.41, 5.74) is 1.08. The van der Waals surface area contributed by atoms with Crippen molar-refractivity contribution in [2.75, 3.05) is 30.0 Å². The zero-order chi connectivity index (χ0) is 12.0. The van der Waals surface area contributed by atoms with Crippen LogP contribution in [0, 0.1) is 6.92 Å². The van der Waals surface area contributed by atoms with Gasteiger partial charge in [-0.2, -0.15) is 16.7 Å². The fourth-order valence-corrected chi connectivity index (χ4v) is 1.44. The monoisotopic (exact) mass is 240 g/mol. The summed E-state index contributed by atoms with van der Waals surface area (Å²) in [6.45, 7) is 8.00. The molecule has 0 amide bonds. The zero-order valence-electron chi connectivity index (χ0n) is 10.4. The van der Waals surface area contributed by atoms with Crippen LogP contribution in [0.4, 0.5) is 11.8 Å². The minimum Gasteiger partial charge on any atom is -0.369 e. The normalized spacial score (nSPS) is 12.2. The fraction of sp³-hybridized carbons (Fsp3) is 0.636. The number of hydrogen-bond acceptors (Lipinski definition) is 5. The maximum absolute atomic E-state index is 4.43. The van der Waals surface area contributed by atoms with Crippen molar-refractivity contribution in [1.82, 2.24) is 9.97 Å². The van der Waals surface area contributed by atoms with Crippen molar-refractivity contribution in [3.05, 3.63) is 11.8 Å². The summed E-state index contributed by atoms with van der Waals surface area (Å²) in [6.07, 6.45) is 3.96. The molecule has 4 nitrogen and oxygen atoms in total. The Morgan fingerprint density at radius 3 is 2.81 bits per heavy atom. The molecule has 2 N–H and O–H groups in total. The van der Waals surface area contributed by atoms with Gasteiger partial charge in [0.15, 0.2) is 0 Å². The topological polar surface area (TPSA) is 49.8 Å². The van der Waals surface area contributed by atoms with Crippen LogP contribution in [0.1, 0.15) is 19.4 Å². The fourth-order valence-electron chi connectivity index (χ4n) is 1.19. The van der Waals surface area contributed by atoms with Gasteiger partial charge < -0.3 is 10.6 Å². The molecule has 0 aliphatic rings. The quantitative estimate of drug-likeness (QED) is 0.799. The maximum Gasteiger partial charge on any atom is 0.224 e. The highest BCUT2D eigenvalue weighted by molar-refractivity contribution is 7.99. The van der Waals surface area contributed by atoms with E-state index in [4.69, 9.17) is 0 Å². The number of rotatable bonds is 6. The SMILES string of the molecule is CCNc1ncc(C)c(NCC(C)SC)n1. The number of aromatic nitrogens is 2. The molecule has 1 aromatic rings. The number of aryl methyl sites for hydroxylation is 1. The average Bonchev–Trinajstić information content (AvgIpc) is 2.29. The lowest BCUT2D eigenvalue weighted by Gasteiger charge is -2.13. The van der Waals surface area contributed by atoms with Crippen LogP contribution in [0.15, 0.2) is 6.20 Å². The second-order valence-electron chi connectivity index (χ2n) is 3.68. The molecule has 1 aromatic heterocycles. The second kappa shape index (κ2) is 6.58. The summed E-state index contributed by atoms with van der Waals surface area (Å²) >= 11 is 1.84. The summed E-state index contributed by atoms with van der Waals surface area (Å²) in [6, 6.07) is 0. The van der Waals surface area contributed by atoms with Gasteiger partial charge in [0.2, 0.25) is 5.95 Å². The first kappa shape index (κ1) is 13.1. The number of thioether (sulfide) groups is 1. The Morgan fingerprint density at radius 2 is 2.19 bits per heavy atom. The average molecular weight is 240 g/mol. The molecule has 0 saturated heterocycles. The Kier molecular flexibility index (Phi) is 5.38. The molecule has 5 heteroatoms. The van der Waals surface area contributed by atoms with Crippen LogP contribution in [0.5, 0.6) is 0 Å². The van der Waals surface area contributed by atoms with E-state index in [-0.39, 0.29) is 0 Å². The van der Waals surface area contributed by atoms with E-state index in [2.05, 4.69) is 33.8 Å². The number of nitrogens with zero attached hydrogens (tertiary/aromatic N) is 2. The van der Waals surface area contributed by atoms with Crippen molar-refractivity contribution in [3.63, 3.8) is 0 Å². The summed E-state index contributed by atoms with van der Waals surface area (Å²) in [4.78, 5) is 8.63. The van der Waals surface area contributed by atoms with Gasteiger partial charge in [-0.3, -0.25) is 0 Å². The second-order valence-corrected chi connectivity index (χ2v) is 4.96. The highest BCUT2D eigenvalue weighted by Crippen LogP contribution is 2.14. The lowest BCUT2D eigenvalue weighted by atomic mass is 10.3. The molecule has 0 aliphatic heterocycles. The van der Waals surface area contributed by atoms with Crippen molar-refractivity contribution in [2.45, 2.75) is 26.0 Å². The van der Waals surface area contributed by atoms with Crippen LogP contribution in [0.3, 0.4) is 0 Å². The Labute approximate surface area is 102 Å². The summed E-state index contributed by atoms with van der Waals surface area (Å²) in [5, 5.41) is 7.04. The molecule has 0 fully saturated rings. The lowest BCUT2D eigenvalue weighted by Crippen LogP contribution is -2.15. The van der Waals surface area contributed by atoms with Gasteiger partial charge >= 0.3 is 0 Å². The summed E-state index contributed by atoms with van der Waals surface area (Å²) < 4.78 is 0. The maximum atomic E-state index is 4.43. The van der Waals surface area contributed by atoms with Crippen molar-refractivity contribution < 1.29 is 0 Å². The van der Waals surface area contributed by atoms with Gasteiger partial charge in [-0.25, -0.2) is 4.98 Å². The van der Waals surface area contributed by atoms with Gasteiger partial charge in [-0.15, -0.1) is 0 Å². The van der Waals surface area contributed by atoms with Crippen LogP contribution in [0.2, 0.25) is 0 Å². The molecule has 0 radical (unpaired) electrons. The molecule has 1 heterocycles. The molecule has 16 heavy (non-hydrogen) atoms. The van der Waals surface area contributed by atoms with Crippen LogP contribution in [0.25, 0.3) is 0 Å². The first-order valence-electron chi connectivity index (χ1n) is 5.51. The Morgan fingerprint density at radius 1 is 1.44 bits per heavy atom. The predicted octanol–water partition coefficient (Wildman–Crippen LogP) is 2.38. The summed E-state index contributed by atoms with van der Waals surface area (Å²) in [5.74, 6) is 1.61. The van der Waals surface area contributed by atoms with Gasteiger partial charge in [0.1, 0.15) is 5.82 Å². The standard InChI is InChI=1S/C11H20N4S/c1-5-12-11-14-6-8(2)10(15-11)13-7-9(3)16-4/h6,9H,5,7H2,1-4H3,(H2,12,13,14,15). The Hall–Kier alpha value is -0.970. The Balaban J connectivity index is 2.66. The van der Waals surface area contributed by atoms with Crippen molar-refractivity contribution in [2.24, 2.45) is 0 Å². The molecule has 1 atom stereocenters. The molecule has 90 valence electrons. The van der Waals surface area contributed by atoms with E-state index in [0.29, 0.717) is 11.2 Å². The van der Waals surface area contributed by atoms with E-state index >= 15 is 0 Å². The molecular weight excluding hydrogens is 220 g/mol. The molecular formula is C11H20N4S. The van der Waals surface area contributed by atoms with Crippen LogP contribution < -0.4 is 10.6 Å². The molecule has 1 unspecified atom stereocenters. The van der Waals surface area contributed by atoms with Gasteiger partial charge in [-0.1, -0.05) is 6.92 Å². The first-order valence-corrected chi connectivity index (χ1v) is 6.80. The minimum absolute atomic E-state index is 0.581. The third-order valence-electron chi connectivity index (χ3n) is 2.27. The van der Waals surface area contributed by atoms with E-state index in [1.165, 1.54) is 0 Å². The van der Waals surface area contributed by atoms with Crippen molar-refractivity contribution in [1.29, 1.82) is 0 Å². The zero-order valence-corrected chi connectivity index (χ0v) is 11.2. The van der Waals surface area contributed by atoms with Gasteiger partial charge in [0.05, 0.1) is 0 Å². The van der Waals surface area contributed by atoms with E-state index in [1.54, 1.807) is 0 Å². The van der Waals surface area contributed by atoms with Crippen LogP contribution in [-0.4, -0.2) is 34.6 Å². The van der Waals surface area contributed by atoms with E-state index in [1.807, 2.05) is 31.8 Å². The first-order chi connectivity index (χ1) is 7.67. The number of hydrogen-bond donors (Lipinski definition) is 2. The minimum atomic E-state index is 0.581. The molecule has 0 bridgehead atoms. The number of anilines is 2. The Bertz CT molecular complexity index is 330. The number of nitrogens with one attached hydrogen (secondary N) is 2. The summed E-state index contributed by atoms with van der Waals surface area (Å²) in [7, 11) is 0. The molecule has 0 spiro atoms. The molecule has 0 aromatic carbocycles. The highest BCUT2D eigenvalue weighted by Gasteiger charge is 2.04. The largest absolute Gasteiger partial charge is 0.369 e. The lowest BCUT2D eigenvalue weighted by molar-refractivity contribution is 0.975. The van der Waals surface area contributed by atoms with Crippen molar-refractivity contribution in [3.8, 4) is 0 Å². The predicted molar refractivity (Wildman–Crippen MR) is 72.4 cm³/mol. The molecule has 1 rings (SSSR count).